The number of allylic oxidation sites excluding steroid dienone is 11. The van der Waals surface area contributed by atoms with E-state index >= 15 is 0 Å². The number of nitrogens with one attached hydrogen (secondary N) is 1. The van der Waals surface area contributed by atoms with Gasteiger partial charge < -0.3 is 19.4 Å². The second-order valence-electron chi connectivity index (χ2n) is 19.7. The zero-order chi connectivity index (χ0) is 50.1. The van der Waals surface area contributed by atoms with Crippen molar-refractivity contribution in [2.24, 2.45) is 0 Å². The number of carbonyl (C=O) groups is 2. The largest absolute Gasteiger partial charge is 0.472 e. The van der Waals surface area contributed by atoms with Crippen molar-refractivity contribution in [2.75, 3.05) is 40.9 Å². The molecule has 0 radical (unpaired) electrons. The highest BCUT2D eigenvalue weighted by Gasteiger charge is 2.30. The molecule has 0 aromatic carbocycles. The molecule has 68 heavy (non-hydrogen) atoms. The lowest BCUT2D eigenvalue weighted by atomic mass is 10.1. The molecule has 0 aliphatic heterocycles. The van der Waals surface area contributed by atoms with Gasteiger partial charge >= 0.3 is 13.8 Å². The summed E-state index contributed by atoms with van der Waals surface area (Å²) >= 11 is 0. The van der Waals surface area contributed by atoms with Gasteiger partial charge in [0.2, 0.25) is 5.91 Å². The number of rotatable bonds is 49. The number of nitrogens with zero attached hydrogens (tertiary/aromatic N) is 1. The first-order chi connectivity index (χ1) is 32.9. The summed E-state index contributed by atoms with van der Waals surface area (Å²) in [5, 5.41) is 2.99. The van der Waals surface area contributed by atoms with Crippen LogP contribution in [0.3, 0.4) is 0 Å². The number of phosphoric ester groups is 1. The minimum atomic E-state index is -4.46. The fourth-order valence-electron chi connectivity index (χ4n) is 7.52. The Morgan fingerprint density at radius 1 is 0.515 bits per heavy atom. The molecule has 0 aliphatic carbocycles. The first-order valence-electron chi connectivity index (χ1n) is 27.8. The van der Waals surface area contributed by atoms with Crippen LogP contribution in [0, 0.1) is 0 Å². The molecule has 0 aliphatic rings. The van der Waals surface area contributed by atoms with E-state index in [-0.39, 0.29) is 37.9 Å². The number of unbranched alkanes of at least 4 members (excludes halogenated alkanes) is 23. The van der Waals surface area contributed by atoms with Gasteiger partial charge in [-0.2, -0.15) is 0 Å². The fourth-order valence-corrected chi connectivity index (χ4v) is 8.26. The highest BCUT2D eigenvalue weighted by molar-refractivity contribution is 7.47. The Hall–Kier alpha value is -2.55. The number of esters is 1. The van der Waals surface area contributed by atoms with Gasteiger partial charge in [0.1, 0.15) is 19.3 Å². The van der Waals surface area contributed by atoms with Crippen molar-refractivity contribution in [2.45, 2.75) is 245 Å². The lowest BCUT2D eigenvalue weighted by Crippen LogP contribution is -2.47. The van der Waals surface area contributed by atoms with Gasteiger partial charge in [-0.3, -0.25) is 18.6 Å². The summed E-state index contributed by atoms with van der Waals surface area (Å²) in [6, 6.07) is -0.889. The summed E-state index contributed by atoms with van der Waals surface area (Å²) in [6.07, 6.45) is 60.5. The molecular formula is C58H106N2O7P+. The molecule has 0 fully saturated rings. The highest BCUT2D eigenvalue weighted by Crippen LogP contribution is 2.43. The van der Waals surface area contributed by atoms with Crippen LogP contribution in [0.5, 0.6) is 0 Å². The van der Waals surface area contributed by atoms with Crippen molar-refractivity contribution in [1.29, 1.82) is 0 Å². The predicted octanol–water partition coefficient (Wildman–Crippen LogP) is 16.5. The Balaban J connectivity index is 5.49. The Labute approximate surface area is 419 Å². The van der Waals surface area contributed by atoms with Crippen LogP contribution in [0.1, 0.15) is 233 Å². The number of carbonyl (C=O) groups excluding carboxylic acids is 2. The molecule has 0 bridgehead atoms. The molecule has 0 aromatic rings. The third-order valence-electron chi connectivity index (χ3n) is 11.9. The van der Waals surface area contributed by atoms with E-state index in [1.54, 1.807) is 0 Å². The van der Waals surface area contributed by atoms with Crippen molar-refractivity contribution in [3.63, 3.8) is 0 Å². The maximum absolute atomic E-state index is 13.4. The van der Waals surface area contributed by atoms with Crippen LogP contribution >= 0.6 is 7.82 Å². The normalized spacial score (nSPS) is 14.4. The third kappa shape index (κ3) is 48.5. The van der Waals surface area contributed by atoms with Crippen LogP contribution in [-0.2, 0) is 27.9 Å². The lowest BCUT2D eigenvalue weighted by molar-refractivity contribution is -0.870. The van der Waals surface area contributed by atoms with Crippen LogP contribution in [0.2, 0.25) is 0 Å². The SMILES string of the molecule is CCCCC/C=C\C/C=C\C/C=C\CCCCCCC(=O)OC(/C=C/CCCCCCCCCCCC)C(COP(=O)(O)OCC[N+](C)(C)C)NC(=O)CC/C=C/C/C=C\CCCCCCCC. The number of likely N-dealkylation sites (N-methyl/N-ethyl adjacent to an activating group) is 1. The van der Waals surface area contributed by atoms with E-state index in [4.69, 9.17) is 13.8 Å². The summed E-state index contributed by atoms with van der Waals surface area (Å²) in [5.41, 5.74) is 0. The first-order valence-corrected chi connectivity index (χ1v) is 29.3. The van der Waals surface area contributed by atoms with E-state index in [0.717, 1.165) is 70.6 Å². The number of amides is 1. The summed E-state index contributed by atoms with van der Waals surface area (Å²) in [6.45, 7) is 6.90. The number of ether oxygens (including phenoxy) is 1. The molecule has 0 spiro atoms. The van der Waals surface area contributed by atoms with E-state index in [9.17, 15) is 19.0 Å². The minimum Gasteiger partial charge on any atom is -0.456 e. The smallest absolute Gasteiger partial charge is 0.456 e. The topological polar surface area (TPSA) is 111 Å². The summed E-state index contributed by atoms with van der Waals surface area (Å²) < 4.78 is 30.5. The molecule has 0 aromatic heterocycles. The standard InChI is InChI=1S/C58H105N2O7P/c1-7-10-13-16-19-22-25-28-29-30-31-33-36-39-42-45-48-51-58(62)67-56(49-46-43-40-37-34-27-24-21-18-15-12-9-3)55(54-66-68(63,64)65-53-52-60(4,5)6)59-57(61)50-47-44-41-38-35-32-26-23-20-17-14-11-8-2/h19,22,28-29,31-33,35,41,44,46,49,55-56H,7-18,20-21,23-27,30,34,36-40,42-43,45,47-48,50-54H2,1-6H3,(H-,59,61,63,64)/p+1/b22-19-,29-28-,33-31-,35-32-,44-41+,49-46+. The molecule has 9 nitrogen and oxygen atoms in total. The third-order valence-corrected chi connectivity index (χ3v) is 12.9. The van der Waals surface area contributed by atoms with Crippen LogP contribution in [0.15, 0.2) is 72.9 Å². The average Bonchev–Trinajstić information content (AvgIpc) is 3.29. The number of phosphoric acid groups is 1. The molecule has 0 rings (SSSR count). The maximum Gasteiger partial charge on any atom is 0.472 e. The lowest BCUT2D eigenvalue weighted by Gasteiger charge is -2.27. The summed E-state index contributed by atoms with van der Waals surface area (Å²) in [4.78, 5) is 37.4. The van der Waals surface area contributed by atoms with Gasteiger partial charge in [-0.1, -0.05) is 203 Å². The Kier molecular flexibility index (Phi) is 46.3. The molecule has 10 heteroatoms. The van der Waals surface area contributed by atoms with E-state index in [1.165, 1.54) is 116 Å². The number of hydrogen-bond acceptors (Lipinski definition) is 6. The van der Waals surface area contributed by atoms with Gasteiger partial charge in [0.05, 0.1) is 33.8 Å². The van der Waals surface area contributed by atoms with Crippen molar-refractivity contribution >= 4 is 19.7 Å². The molecule has 2 N–H and O–H groups in total. The molecule has 3 unspecified atom stereocenters. The molecule has 0 saturated heterocycles. The van der Waals surface area contributed by atoms with Gasteiger partial charge in [-0.25, -0.2) is 4.57 Å². The molecular weight excluding hydrogens is 868 g/mol. The van der Waals surface area contributed by atoms with Crippen LogP contribution < -0.4 is 5.32 Å². The van der Waals surface area contributed by atoms with Crippen LogP contribution in [-0.4, -0.2) is 74.3 Å². The quantitative estimate of drug-likeness (QED) is 0.0205. The van der Waals surface area contributed by atoms with E-state index < -0.39 is 20.0 Å². The second-order valence-corrected chi connectivity index (χ2v) is 21.2. The summed E-state index contributed by atoms with van der Waals surface area (Å²) in [5.74, 6) is -0.612. The van der Waals surface area contributed by atoms with Crippen molar-refractivity contribution in [1.82, 2.24) is 5.32 Å². The van der Waals surface area contributed by atoms with Crippen LogP contribution in [0.4, 0.5) is 0 Å². The zero-order valence-corrected chi connectivity index (χ0v) is 45.7. The fraction of sp³-hybridized carbons (Fsp3) is 0.759. The van der Waals surface area contributed by atoms with Crippen molar-refractivity contribution in [3.8, 4) is 0 Å². The van der Waals surface area contributed by atoms with Gasteiger partial charge in [0, 0.05) is 12.8 Å². The zero-order valence-electron chi connectivity index (χ0n) is 44.8. The van der Waals surface area contributed by atoms with Crippen molar-refractivity contribution in [3.05, 3.63) is 72.9 Å². The number of hydrogen-bond donors (Lipinski definition) is 2. The van der Waals surface area contributed by atoms with Gasteiger partial charge in [0.25, 0.3) is 0 Å². The average molecular weight is 974 g/mol. The Morgan fingerprint density at radius 2 is 0.912 bits per heavy atom. The van der Waals surface area contributed by atoms with E-state index in [0.29, 0.717) is 23.9 Å². The van der Waals surface area contributed by atoms with Gasteiger partial charge in [-0.15, -0.1) is 0 Å². The van der Waals surface area contributed by atoms with Gasteiger partial charge in [0.15, 0.2) is 0 Å². The Bertz CT molecular complexity index is 1400. The molecule has 3 atom stereocenters. The summed E-state index contributed by atoms with van der Waals surface area (Å²) in [7, 11) is 1.44. The monoisotopic (exact) mass is 974 g/mol. The second kappa shape index (κ2) is 48.1. The van der Waals surface area contributed by atoms with E-state index in [1.807, 2.05) is 39.4 Å². The molecule has 0 heterocycles. The highest BCUT2D eigenvalue weighted by atomic mass is 31.2. The molecule has 394 valence electrons. The minimum absolute atomic E-state index is 0.0248. The molecule has 0 saturated carbocycles. The van der Waals surface area contributed by atoms with Crippen molar-refractivity contribution < 1.29 is 37.3 Å². The predicted molar refractivity (Wildman–Crippen MR) is 291 cm³/mol. The molecule has 1 amide bonds. The number of quaternary nitrogens is 1. The first kappa shape index (κ1) is 65.5. The van der Waals surface area contributed by atoms with Crippen LogP contribution in [0.25, 0.3) is 0 Å². The van der Waals surface area contributed by atoms with E-state index in [2.05, 4.69) is 80.8 Å². The van der Waals surface area contributed by atoms with Gasteiger partial charge in [-0.05, 0) is 89.5 Å². The Morgan fingerprint density at radius 3 is 1.40 bits per heavy atom. The maximum atomic E-state index is 13.4.